The van der Waals surface area contributed by atoms with Crippen molar-refractivity contribution in [2.24, 2.45) is 5.92 Å². The van der Waals surface area contributed by atoms with E-state index in [0.29, 0.717) is 30.6 Å². The van der Waals surface area contributed by atoms with Gasteiger partial charge in [-0.3, -0.25) is 0 Å². The third-order valence-corrected chi connectivity index (χ3v) is 3.42. The number of ether oxygens (including phenoxy) is 1. The Hall–Kier alpha value is -0.980. The molecule has 2 fully saturated rings. The minimum absolute atomic E-state index is 0.0250. The van der Waals surface area contributed by atoms with Crippen molar-refractivity contribution in [3.05, 3.63) is 11.7 Å². The maximum absolute atomic E-state index is 9.44. The molecule has 0 radical (unpaired) electrons. The van der Waals surface area contributed by atoms with Crippen molar-refractivity contribution in [2.45, 2.75) is 37.5 Å². The summed E-state index contributed by atoms with van der Waals surface area (Å²) in [5, 5.41) is 16.6. The molecular weight excluding hydrogens is 222 g/mol. The van der Waals surface area contributed by atoms with Crippen molar-refractivity contribution in [1.29, 1.82) is 0 Å². The minimum Gasteiger partial charge on any atom is -0.392 e. The summed E-state index contributed by atoms with van der Waals surface area (Å²) in [5.41, 5.74) is 0. The summed E-state index contributed by atoms with van der Waals surface area (Å²) in [4.78, 5) is 4.38. The quantitative estimate of drug-likeness (QED) is 0.799. The maximum atomic E-state index is 9.44. The topological polar surface area (TPSA) is 80.4 Å². The maximum Gasteiger partial charge on any atom is 0.243 e. The van der Waals surface area contributed by atoms with E-state index in [0.717, 1.165) is 0 Å². The molecule has 94 valence electrons. The number of methoxy groups -OCH3 is 1. The molecule has 2 aliphatic rings. The molecule has 1 saturated carbocycles. The third kappa shape index (κ3) is 2.20. The molecular formula is C11H17N3O3. The third-order valence-electron chi connectivity index (χ3n) is 3.42. The lowest BCUT2D eigenvalue weighted by Gasteiger charge is -2.08. The molecule has 1 saturated heterocycles. The zero-order valence-electron chi connectivity index (χ0n) is 9.80. The second kappa shape index (κ2) is 4.36. The summed E-state index contributed by atoms with van der Waals surface area (Å²) < 4.78 is 10.6. The highest BCUT2D eigenvalue weighted by atomic mass is 16.5. The molecule has 1 aliphatic carbocycles. The van der Waals surface area contributed by atoms with Crippen molar-refractivity contribution in [2.75, 3.05) is 13.7 Å². The number of aromatic nitrogens is 2. The van der Waals surface area contributed by atoms with Crippen LogP contribution < -0.4 is 5.32 Å². The first-order valence-corrected chi connectivity index (χ1v) is 6.05. The van der Waals surface area contributed by atoms with Crippen molar-refractivity contribution >= 4 is 0 Å². The molecule has 0 spiro atoms. The van der Waals surface area contributed by atoms with Gasteiger partial charge in [-0.25, -0.2) is 0 Å². The Labute approximate surface area is 99.3 Å². The highest BCUT2D eigenvalue weighted by molar-refractivity contribution is 5.02. The smallest absolute Gasteiger partial charge is 0.243 e. The number of aliphatic hydroxyl groups excluding tert-OH is 1. The molecule has 3 rings (SSSR count). The van der Waals surface area contributed by atoms with E-state index in [1.165, 1.54) is 12.8 Å². The number of aliphatic hydroxyl groups is 1. The standard InChI is InChI=1S/C11H17N3O3/c1-16-9(6-2-3-6)10-13-11(17-14-10)8-4-7(15)5-12-8/h6-9,12,15H,2-5H2,1H3/t7-,8-,9?/m0/s1. The van der Waals surface area contributed by atoms with Crippen LogP contribution in [0.15, 0.2) is 4.52 Å². The fourth-order valence-electron chi connectivity index (χ4n) is 2.32. The number of nitrogens with zero attached hydrogens (tertiary/aromatic N) is 2. The summed E-state index contributed by atoms with van der Waals surface area (Å²) >= 11 is 0. The number of β-amino-alcohol motifs (C(OH)–C–C–N with tert-alkyl or cyclic N) is 1. The second-order valence-corrected chi connectivity index (χ2v) is 4.83. The molecule has 0 bridgehead atoms. The molecule has 2 heterocycles. The van der Waals surface area contributed by atoms with Crippen LogP contribution in [0.4, 0.5) is 0 Å². The van der Waals surface area contributed by atoms with Crippen LogP contribution in [0.3, 0.4) is 0 Å². The average molecular weight is 239 g/mol. The van der Waals surface area contributed by atoms with Crippen molar-refractivity contribution < 1.29 is 14.4 Å². The lowest BCUT2D eigenvalue weighted by Crippen LogP contribution is -2.15. The molecule has 17 heavy (non-hydrogen) atoms. The monoisotopic (exact) mass is 239 g/mol. The first-order chi connectivity index (χ1) is 8.28. The Kier molecular flexibility index (Phi) is 2.85. The minimum atomic E-state index is -0.322. The van der Waals surface area contributed by atoms with Crippen LogP contribution in [0.5, 0.6) is 0 Å². The Morgan fingerprint density at radius 1 is 1.53 bits per heavy atom. The summed E-state index contributed by atoms with van der Waals surface area (Å²) in [6.07, 6.45) is 2.60. The van der Waals surface area contributed by atoms with Crippen LogP contribution in [0.1, 0.15) is 43.1 Å². The van der Waals surface area contributed by atoms with Gasteiger partial charge in [0.05, 0.1) is 12.1 Å². The van der Waals surface area contributed by atoms with Gasteiger partial charge in [0.15, 0.2) is 0 Å². The van der Waals surface area contributed by atoms with E-state index in [9.17, 15) is 5.11 Å². The van der Waals surface area contributed by atoms with E-state index in [2.05, 4.69) is 15.5 Å². The van der Waals surface area contributed by atoms with Gasteiger partial charge in [0.2, 0.25) is 11.7 Å². The predicted molar refractivity (Wildman–Crippen MR) is 58.1 cm³/mol. The number of nitrogens with one attached hydrogen (secondary N) is 1. The highest BCUT2D eigenvalue weighted by Gasteiger charge is 2.36. The molecule has 3 atom stereocenters. The van der Waals surface area contributed by atoms with Gasteiger partial charge in [-0.2, -0.15) is 4.98 Å². The lowest BCUT2D eigenvalue weighted by atomic mass is 10.2. The normalized spacial score (nSPS) is 30.7. The van der Waals surface area contributed by atoms with Gasteiger partial charge in [0.1, 0.15) is 6.10 Å². The van der Waals surface area contributed by atoms with Crippen molar-refractivity contribution in [1.82, 2.24) is 15.5 Å². The SMILES string of the molecule is COC(c1noc([C@@H]2C[C@H](O)CN2)n1)C1CC1. The first-order valence-electron chi connectivity index (χ1n) is 6.05. The summed E-state index contributed by atoms with van der Waals surface area (Å²) in [6.45, 7) is 0.582. The Bertz CT molecular complexity index is 391. The molecule has 1 aromatic rings. The fraction of sp³-hybridized carbons (Fsp3) is 0.818. The molecule has 6 heteroatoms. The van der Waals surface area contributed by atoms with E-state index in [4.69, 9.17) is 9.26 Å². The van der Waals surface area contributed by atoms with Gasteiger partial charge >= 0.3 is 0 Å². The van der Waals surface area contributed by atoms with E-state index in [-0.39, 0.29) is 18.2 Å². The van der Waals surface area contributed by atoms with Gasteiger partial charge in [0.25, 0.3) is 0 Å². The van der Waals surface area contributed by atoms with Gasteiger partial charge in [-0.1, -0.05) is 5.16 Å². The number of rotatable bonds is 4. The summed E-state index contributed by atoms with van der Waals surface area (Å²) in [7, 11) is 1.68. The van der Waals surface area contributed by atoms with E-state index in [1.54, 1.807) is 7.11 Å². The highest BCUT2D eigenvalue weighted by Crippen LogP contribution is 2.42. The van der Waals surface area contributed by atoms with Gasteiger partial charge < -0.3 is 19.7 Å². The van der Waals surface area contributed by atoms with Gasteiger partial charge in [0, 0.05) is 13.7 Å². The van der Waals surface area contributed by atoms with Crippen LogP contribution >= 0.6 is 0 Å². The molecule has 1 unspecified atom stereocenters. The molecule has 6 nitrogen and oxygen atoms in total. The number of hydrogen-bond acceptors (Lipinski definition) is 6. The predicted octanol–water partition coefficient (Wildman–Crippen LogP) is 0.562. The van der Waals surface area contributed by atoms with Crippen LogP contribution in [-0.2, 0) is 4.74 Å². The molecule has 0 aromatic carbocycles. The van der Waals surface area contributed by atoms with Crippen molar-refractivity contribution in [3.8, 4) is 0 Å². The largest absolute Gasteiger partial charge is 0.392 e. The molecule has 0 amide bonds. The van der Waals surface area contributed by atoms with Crippen LogP contribution in [0.25, 0.3) is 0 Å². The second-order valence-electron chi connectivity index (χ2n) is 4.83. The zero-order valence-corrected chi connectivity index (χ0v) is 9.80. The Balaban J connectivity index is 1.73. The average Bonchev–Trinajstić information content (AvgIpc) is 2.87. The fourth-order valence-corrected chi connectivity index (χ4v) is 2.32. The molecule has 1 aromatic heterocycles. The van der Waals surface area contributed by atoms with Crippen LogP contribution in [-0.4, -0.2) is 35.0 Å². The Morgan fingerprint density at radius 2 is 2.35 bits per heavy atom. The van der Waals surface area contributed by atoms with E-state index < -0.39 is 0 Å². The zero-order chi connectivity index (χ0) is 11.8. The van der Waals surface area contributed by atoms with Crippen LogP contribution in [0, 0.1) is 5.92 Å². The molecule has 1 aliphatic heterocycles. The van der Waals surface area contributed by atoms with Crippen molar-refractivity contribution in [3.63, 3.8) is 0 Å². The van der Waals surface area contributed by atoms with E-state index >= 15 is 0 Å². The van der Waals surface area contributed by atoms with Gasteiger partial charge in [-0.05, 0) is 25.2 Å². The Morgan fingerprint density at radius 3 is 2.94 bits per heavy atom. The molecule has 2 N–H and O–H groups in total. The first kappa shape index (κ1) is 11.1. The lowest BCUT2D eigenvalue weighted by molar-refractivity contribution is 0.0751. The van der Waals surface area contributed by atoms with Gasteiger partial charge in [-0.15, -0.1) is 0 Å². The summed E-state index contributed by atoms with van der Waals surface area (Å²) in [6, 6.07) is -0.0250. The number of hydrogen-bond donors (Lipinski definition) is 2. The van der Waals surface area contributed by atoms with E-state index in [1.807, 2.05) is 0 Å². The van der Waals surface area contributed by atoms with Crippen LogP contribution in [0.2, 0.25) is 0 Å². The summed E-state index contributed by atoms with van der Waals surface area (Å²) in [5.74, 6) is 1.72.